The van der Waals surface area contributed by atoms with Crippen LogP contribution in [0.2, 0.25) is 0 Å². The van der Waals surface area contributed by atoms with Gasteiger partial charge in [0.1, 0.15) is 0 Å². The van der Waals surface area contributed by atoms with Gasteiger partial charge in [0, 0.05) is 5.54 Å². The lowest BCUT2D eigenvalue weighted by molar-refractivity contribution is 0.125. The molecule has 56 valence electrons. The lowest BCUT2D eigenvalue weighted by Crippen LogP contribution is -2.33. The molecule has 0 bridgehead atoms. The van der Waals surface area contributed by atoms with Gasteiger partial charge in [-0.3, -0.25) is 0 Å². The first-order valence-corrected chi connectivity index (χ1v) is 3.13. The summed E-state index contributed by atoms with van der Waals surface area (Å²) < 4.78 is 4.91. The fourth-order valence-electron chi connectivity index (χ4n) is 0.419. The fraction of sp³-hybridized carbons (Fsp3) is 1.00. The molecular formula is C6H16N2O. The van der Waals surface area contributed by atoms with E-state index in [1.165, 1.54) is 0 Å². The maximum atomic E-state index is 5.66. The molecule has 0 heterocycles. The van der Waals surface area contributed by atoms with Crippen LogP contribution in [0.4, 0.5) is 0 Å². The van der Waals surface area contributed by atoms with Crippen LogP contribution >= 0.6 is 0 Å². The van der Waals surface area contributed by atoms with E-state index in [-0.39, 0.29) is 12.3 Å². The third kappa shape index (κ3) is 7.88. The highest BCUT2D eigenvalue weighted by Gasteiger charge is 2.08. The molecule has 0 amide bonds. The lowest BCUT2D eigenvalue weighted by atomic mass is 10.0. The zero-order chi connectivity index (χ0) is 7.33. The van der Waals surface area contributed by atoms with Crippen molar-refractivity contribution >= 4 is 0 Å². The Bertz CT molecular complexity index is 67.9. The molecule has 0 atom stereocenters. The molecule has 3 nitrogen and oxygen atoms in total. The van der Waals surface area contributed by atoms with E-state index in [4.69, 9.17) is 16.2 Å². The second-order valence-corrected chi connectivity index (χ2v) is 2.81. The summed E-state index contributed by atoms with van der Waals surface area (Å²) in [6.45, 7) is 4.87. The molecule has 0 aliphatic rings. The number of hydrogen-bond donors (Lipinski definition) is 2. The van der Waals surface area contributed by atoms with Crippen molar-refractivity contribution in [3.8, 4) is 0 Å². The molecule has 0 unspecified atom stereocenters. The summed E-state index contributed by atoms with van der Waals surface area (Å²) in [4.78, 5) is 0. The lowest BCUT2D eigenvalue weighted by Gasteiger charge is -2.17. The molecule has 0 fully saturated rings. The molecule has 4 N–H and O–H groups in total. The standard InChI is InChI=1S/C6H16N2O/c1-6(2,8)3-4-9-5-7/h3-5,7-8H2,1-2H3. The molecule has 0 aliphatic heterocycles. The molecular weight excluding hydrogens is 116 g/mol. The van der Waals surface area contributed by atoms with Crippen LogP contribution < -0.4 is 11.5 Å². The highest BCUT2D eigenvalue weighted by Crippen LogP contribution is 2.01. The molecule has 9 heavy (non-hydrogen) atoms. The van der Waals surface area contributed by atoms with Crippen molar-refractivity contribution in [1.29, 1.82) is 0 Å². The van der Waals surface area contributed by atoms with E-state index in [0.717, 1.165) is 6.42 Å². The Morgan fingerprint density at radius 1 is 1.44 bits per heavy atom. The van der Waals surface area contributed by atoms with Crippen LogP contribution in [0.15, 0.2) is 0 Å². The molecule has 0 aromatic heterocycles. The highest BCUT2D eigenvalue weighted by molar-refractivity contribution is 4.70. The molecule has 3 heteroatoms. The van der Waals surface area contributed by atoms with Gasteiger partial charge in [0.15, 0.2) is 0 Å². The van der Waals surface area contributed by atoms with Gasteiger partial charge in [-0.2, -0.15) is 0 Å². The average Bonchev–Trinajstić information content (AvgIpc) is 1.63. The summed E-state index contributed by atoms with van der Waals surface area (Å²) in [6.07, 6.45) is 0.851. The first-order valence-electron chi connectivity index (χ1n) is 3.13. The summed E-state index contributed by atoms with van der Waals surface area (Å²) in [5, 5.41) is 0. The Morgan fingerprint density at radius 3 is 2.33 bits per heavy atom. The molecule has 0 rings (SSSR count). The maximum Gasteiger partial charge on any atom is 0.0940 e. The van der Waals surface area contributed by atoms with Crippen LogP contribution in [0.5, 0.6) is 0 Å². The van der Waals surface area contributed by atoms with E-state index in [2.05, 4.69) is 0 Å². The largest absolute Gasteiger partial charge is 0.366 e. The Morgan fingerprint density at radius 2 is 2.00 bits per heavy atom. The first-order chi connectivity index (χ1) is 4.06. The minimum absolute atomic E-state index is 0.130. The van der Waals surface area contributed by atoms with E-state index in [0.29, 0.717) is 6.61 Å². The van der Waals surface area contributed by atoms with E-state index in [1.54, 1.807) is 0 Å². The number of ether oxygens (including phenoxy) is 1. The molecule has 0 saturated heterocycles. The van der Waals surface area contributed by atoms with Gasteiger partial charge in [-0.15, -0.1) is 0 Å². The van der Waals surface area contributed by atoms with Gasteiger partial charge in [-0.05, 0) is 20.3 Å². The fourth-order valence-corrected chi connectivity index (χ4v) is 0.419. The van der Waals surface area contributed by atoms with E-state index >= 15 is 0 Å². The van der Waals surface area contributed by atoms with Gasteiger partial charge < -0.3 is 16.2 Å². The van der Waals surface area contributed by atoms with Crippen LogP contribution in [0, 0.1) is 0 Å². The molecule has 0 radical (unpaired) electrons. The SMILES string of the molecule is CC(C)(N)CCOCN. The zero-order valence-corrected chi connectivity index (χ0v) is 6.18. The Balaban J connectivity index is 3.07. The topological polar surface area (TPSA) is 61.3 Å². The second-order valence-electron chi connectivity index (χ2n) is 2.81. The quantitative estimate of drug-likeness (QED) is 0.419. The van der Waals surface area contributed by atoms with E-state index in [9.17, 15) is 0 Å². The van der Waals surface area contributed by atoms with E-state index in [1.807, 2.05) is 13.8 Å². The smallest absolute Gasteiger partial charge is 0.0940 e. The molecule has 0 aromatic rings. The van der Waals surface area contributed by atoms with Crippen molar-refractivity contribution < 1.29 is 4.74 Å². The first kappa shape index (κ1) is 8.88. The van der Waals surface area contributed by atoms with Crippen molar-refractivity contribution in [2.24, 2.45) is 11.5 Å². The van der Waals surface area contributed by atoms with Crippen LogP contribution in [0.25, 0.3) is 0 Å². The third-order valence-corrected chi connectivity index (χ3v) is 1.01. The monoisotopic (exact) mass is 132 g/mol. The Hall–Kier alpha value is -0.120. The van der Waals surface area contributed by atoms with Gasteiger partial charge in [-0.1, -0.05) is 0 Å². The van der Waals surface area contributed by atoms with Crippen molar-refractivity contribution in [2.75, 3.05) is 13.3 Å². The highest BCUT2D eigenvalue weighted by atomic mass is 16.5. The van der Waals surface area contributed by atoms with Gasteiger partial charge >= 0.3 is 0 Å². The molecule has 0 aliphatic carbocycles. The maximum absolute atomic E-state index is 5.66. The van der Waals surface area contributed by atoms with Gasteiger partial charge in [-0.25, -0.2) is 0 Å². The van der Waals surface area contributed by atoms with Crippen LogP contribution in [0.3, 0.4) is 0 Å². The normalized spacial score (nSPS) is 12.0. The summed E-state index contributed by atoms with van der Waals surface area (Å²) in [5.41, 5.74) is 10.6. The number of rotatable bonds is 4. The number of hydrogen-bond acceptors (Lipinski definition) is 3. The second kappa shape index (κ2) is 3.82. The molecule has 0 saturated carbocycles. The summed E-state index contributed by atoms with van der Waals surface area (Å²) >= 11 is 0. The Labute approximate surface area is 56.4 Å². The van der Waals surface area contributed by atoms with Crippen LogP contribution in [-0.4, -0.2) is 18.9 Å². The minimum Gasteiger partial charge on any atom is -0.366 e. The third-order valence-electron chi connectivity index (χ3n) is 1.01. The predicted octanol–water partition coefficient (Wildman–Crippen LogP) is 0.0466. The van der Waals surface area contributed by atoms with Gasteiger partial charge in [0.2, 0.25) is 0 Å². The average molecular weight is 132 g/mol. The van der Waals surface area contributed by atoms with Gasteiger partial charge in [0.05, 0.1) is 13.3 Å². The predicted molar refractivity (Wildman–Crippen MR) is 37.9 cm³/mol. The van der Waals surface area contributed by atoms with Crippen molar-refractivity contribution in [1.82, 2.24) is 0 Å². The van der Waals surface area contributed by atoms with Crippen molar-refractivity contribution in [3.05, 3.63) is 0 Å². The summed E-state index contributed by atoms with van der Waals surface area (Å²) in [7, 11) is 0. The molecule has 0 spiro atoms. The zero-order valence-electron chi connectivity index (χ0n) is 6.18. The van der Waals surface area contributed by atoms with Crippen molar-refractivity contribution in [2.45, 2.75) is 25.8 Å². The minimum atomic E-state index is -0.130. The summed E-state index contributed by atoms with van der Waals surface area (Å²) in [6, 6.07) is 0. The Kier molecular flexibility index (Phi) is 3.77. The van der Waals surface area contributed by atoms with Crippen LogP contribution in [0.1, 0.15) is 20.3 Å². The van der Waals surface area contributed by atoms with Crippen molar-refractivity contribution in [3.63, 3.8) is 0 Å². The molecule has 0 aromatic carbocycles. The van der Waals surface area contributed by atoms with Crippen LogP contribution in [-0.2, 0) is 4.74 Å². The van der Waals surface area contributed by atoms with E-state index < -0.39 is 0 Å². The van der Waals surface area contributed by atoms with Gasteiger partial charge in [0.25, 0.3) is 0 Å². The summed E-state index contributed by atoms with van der Waals surface area (Å²) in [5.74, 6) is 0. The number of nitrogens with two attached hydrogens (primary N) is 2.